The van der Waals surface area contributed by atoms with E-state index < -0.39 is 36.5 Å². The van der Waals surface area contributed by atoms with Gasteiger partial charge in [0.25, 0.3) is 0 Å². The van der Waals surface area contributed by atoms with Gasteiger partial charge in [-0.1, -0.05) is 124 Å². The highest BCUT2D eigenvalue weighted by atomic mass is 16.7. The number of unbranched alkanes of at least 4 members (excludes halogenated alkanes) is 12. The van der Waals surface area contributed by atoms with Crippen LogP contribution in [-0.4, -0.2) is 125 Å². The molecular weight excluding hydrogens is 961 g/mol. The van der Waals surface area contributed by atoms with Crippen molar-refractivity contribution < 1.29 is 52.3 Å². The van der Waals surface area contributed by atoms with Crippen LogP contribution < -0.4 is 0 Å². The Morgan fingerprint density at radius 2 is 0.947 bits per heavy atom. The number of carbonyl (C=O) groups is 4. The van der Waals surface area contributed by atoms with Crippen LogP contribution in [0.25, 0.3) is 0 Å². The maximum absolute atomic E-state index is 14.2. The molecule has 0 aliphatic heterocycles. The lowest BCUT2D eigenvalue weighted by Gasteiger charge is -2.32. The summed E-state index contributed by atoms with van der Waals surface area (Å²) in [7, 11) is 3.93. The minimum absolute atomic E-state index is 0.0724. The number of hydrogen-bond donors (Lipinski definition) is 0. The lowest BCUT2D eigenvalue weighted by Crippen LogP contribution is -2.47. The van der Waals surface area contributed by atoms with Gasteiger partial charge >= 0.3 is 17.9 Å². The lowest BCUT2D eigenvalue weighted by atomic mass is 10.0. The molecule has 0 N–H and O–H groups in total. The van der Waals surface area contributed by atoms with Crippen LogP contribution in [0.1, 0.15) is 241 Å². The molecule has 0 aliphatic carbocycles. The molecule has 0 radical (unpaired) electrons. The predicted octanol–water partition coefficient (Wildman–Crippen LogP) is 13.8. The third kappa shape index (κ3) is 46.4. The summed E-state index contributed by atoms with van der Waals surface area (Å²) < 4.78 is 41.9. The van der Waals surface area contributed by atoms with E-state index in [0.29, 0.717) is 97.3 Å². The zero-order chi connectivity index (χ0) is 56.0. The first-order valence-electron chi connectivity index (χ1n) is 30.2. The Labute approximate surface area is 464 Å². The second-order valence-corrected chi connectivity index (χ2v) is 20.1. The third-order valence-electron chi connectivity index (χ3n) is 12.5. The fourth-order valence-corrected chi connectivity index (χ4v) is 7.96. The number of carbonyl (C=O) groups excluding carboxylic acids is 4. The van der Waals surface area contributed by atoms with Crippen molar-refractivity contribution in [2.24, 2.45) is 0 Å². The first kappa shape index (κ1) is 72.3. The van der Waals surface area contributed by atoms with Gasteiger partial charge in [-0.15, -0.1) is 23.7 Å². The molecule has 0 aromatic heterocycles. The van der Waals surface area contributed by atoms with Crippen LogP contribution in [-0.2, 0) is 52.3 Å². The number of rotatable bonds is 51. The van der Waals surface area contributed by atoms with E-state index in [9.17, 15) is 19.2 Å². The van der Waals surface area contributed by atoms with Gasteiger partial charge in [-0.25, -0.2) is 0 Å². The summed E-state index contributed by atoms with van der Waals surface area (Å²) in [5.74, 6) is 11.3. The van der Waals surface area contributed by atoms with Crippen LogP contribution in [0.4, 0.5) is 0 Å². The lowest BCUT2D eigenvalue weighted by molar-refractivity contribution is -0.156. The maximum atomic E-state index is 14.2. The number of nitrogens with zero attached hydrogens (tertiary/aromatic N) is 2. The van der Waals surface area contributed by atoms with E-state index >= 15 is 0 Å². The number of allylic oxidation sites excluding steroid dienone is 2. The SMILES string of the molecule is CCC/C=C/COC(CCCCC(=O)OCC(COC(=O)CCCCC(OCCC#CCCCC)OCCC#CCCCC)N(CCCN(C)C)C(=O)CCC(=O)OC(CCC)CCCCCCC)OC/C=C/CCC. The molecule has 2 atom stereocenters. The van der Waals surface area contributed by atoms with Crippen molar-refractivity contribution in [1.29, 1.82) is 0 Å². The van der Waals surface area contributed by atoms with Crippen molar-refractivity contribution in [2.45, 2.75) is 265 Å². The van der Waals surface area contributed by atoms with Gasteiger partial charge in [0, 0.05) is 51.5 Å². The van der Waals surface area contributed by atoms with E-state index in [1.165, 1.54) is 19.3 Å². The van der Waals surface area contributed by atoms with E-state index in [1.54, 1.807) is 4.90 Å². The minimum atomic E-state index is -0.761. The largest absolute Gasteiger partial charge is 0.463 e. The molecule has 0 aromatic carbocycles. The molecule has 0 spiro atoms. The second kappa shape index (κ2) is 54.6. The third-order valence-corrected chi connectivity index (χ3v) is 12.5. The highest BCUT2D eigenvalue weighted by Gasteiger charge is 2.28. The number of ether oxygens (including phenoxy) is 7. The van der Waals surface area contributed by atoms with Crippen molar-refractivity contribution in [3.63, 3.8) is 0 Å². The summed E-state index contributed by atoms with van der Waals surface area (Å²) in [6.45, 7) is 15.4. The normalized spacial score (nSPS) is 12.2. The van der Waals surface area contributed by atoms with Gasteiger partial charge in [-0.2, -0.15) is 0 Å². The fraction of sp³-hybridized carbons (Fsp3) is 0.810. The minimum Gasteiger partial charge on any atom is -0.463 e. The Kier molecular flexibility index (Phi) is 52.0. The first-order valence-corrected chi connectivity index (χ1v) is 30.2. The van der Waals surface area contributed by atoms with Crippen molar-refractivity contribution in [2.75, 3.05) is 66.8 Å². The average Bonchev–Trinajstić information content (AvgIpc) is 3.40. The molecule has 0 fully saturated rings. The summed E-state index contributed by atoms with van der Waals surface area (Å²) in [5, 5.41) is 0. The second-order valence-electron chi connectivity index (χ2n) is 20.1. The highest BCUT2D eigenvalue weighted by molar-refractivity contribution is 5.82. The van der Waals surface area contributed by atoms with Gasteiger partial charge < -0.3 is 43.0 Å². The molecule has 0 bridgehead atoms. The molecule has 438 valence electrons. The zero-order valence-corrected chi connectivity index (χ0v) is 49.6. The fourth-order valence-electron chi connectivity index (χ4n) is 7.96. The zero-order valence-electron chi connectivity index (χ0n) is 49.6. The van der Waals surface area contributed by atoms with Crippen LogP contribution in [0.15, 0.2) is 24.3 Å². The Bertz CT molecular complexity index is 1540. The number of hydrogen-bond acceptors (Lipinski definition) is 12. The first-order chi connectivity index (χ1) is 37.0. The Balaban J connectivity index is 6.01. The molecule has 13 nitrogen and oxygen atoms in total. The standard InChI is InChI=1S/C63H110N2O11/c1-9-15-20-25-28-37-52-72-63(73-53-38-29-26-21-16-10-2)45-34-32-43-60(68)75-55-56(54-74-59(67)42-31-33-44-62(70-50-35-23-18-12-4)71-51-36-24-19-13-5)65(49-39-48-64(7)8)58(66)46-47-61(69)76-57(40-14-6)41-30-27-22-17-11-3/h23-24,35-36,56-57,62-63H,9-22,27,30-34,37-55H2,1-8H3/b35-23+,36-24+. The number of amides is 1. The molecule has 0 rings (SSSR count). The Morgan fingerprint density at radius 3 is 1.45 bits per heavy atom. The molecule has 0 saturated heterocycles. The summed E-state index contributed by atoms with van der Waals surface area (Å²) in [6.07, 6.45) is 31.4. The summed E-state index contributed by atoms with van der Waals surface area (Å²) in [4.78, 5) is 57.8. The van der Waals surface area contributed by atoms with Gasteiger partial charge in [0.05, 0.1) is 38.9 Å². The molecule has 1 amide bonds. The van der Waals surface area contributed by atoms with E-state index in [1.807, 2.05) is 31.1 Å². The van der Waals surface area contributed by atoms with Gasteiger partial charge in [-0.05, 0) is 111 Å². The molecule has 0 heterocycles. The van der Waals surface area contributed by atoms with Gasteiger partial charge in [0.15, 0.2) is 12.6 Å². The molecule has 0 saturated carbocycles. The average molecular weight is 1070 g/mol. The number of esters is 3. The van der Waals surface area contributed by atoms with E-state index in [0.717, 1.165) is 96.3 Å². The van der Waals surface area contributed by atoms with E-state index in [2.05, 4.69) is 77.4 Å². The summed E-state index contributed by atoms with van der Waals surface area (Å²) >= 11 is 0. The predicted molar refractivity (Wildman–Crippen MR) is 308 cm³/mol. The highest BCUT2D eigenvalue weighted by Crippen LogP contribution is 2.18. The smallest absolute Gasteiger partial charge is 0.306 e. The van der Waals surface area contributed by atoms with Crippen molar-refractivity contribution in [1.82, 2.24) is 9.80 Å². The van der Waals surface area contributed by atoms with Crippen molar-refractivity contribution >= 4 is 23.8 Å². The van der Waals surface area contributed by atoms with Crippen LogP contribution in [0, 0.1) is 23.7 Å². The van der Waals surface area contributed by atoms with Crippen LogP contribution in [0.5, 0.6) is 0 Å². The molecular formula is C63H110N2O11. The van der Waals surface area contributed by atoms with Crippen molar-refractivity contribution in [3.8, 4) is 23.7 Å². The molecule has 76 heavy (non-hydrogen) atoms. The molecule has 0 aliphatic rings. The van der Waals surface area contributed by atoms with Crippen LogP contribution >= 0.6 is 0 Å². The Hall–Kier alpha value is -3.72. The summed E-state index contributed by atoms with van der Waals surface area (Å²) in [5.41, 5.74) is 0. The topological polar surface area (TPSA) is 139 Å². The summed E-state index contributed by atoms with van der Waals surface area (Å²) in [6, 6.07) is -0.761. The molecule has 0 aromatic rings. The van der Waals surface area contributed by atoms with Crippen LogP contribution in [0.2, 0.25) is 0 Å². The Morgan fingerprint density at radius 1 is 0.447 bits per heavy atom. The van der Waals surface area contributed by atoms with E-state index in [-0.39, 0.29) is 50.9 Å². The molecule has 13 heteroatoms. The van der Waals surface area contributed by atoms with Crippen molar-refractivity contribution in [3.05, 3.63) is 24.3 Å². The van der Waals surface area contributed by atoms with Gasteiger partial charge in [-0.3, -0.25) is 19.2 Å². The van der Waals surface area contributed by atoms with Gasteiger partial charge in [0.2, 0.25) is 5.91 Å². The maximum Gasteiger partial charge on any atom is 0.306 e. The molecule has 2 unspecified atom stereocenters. The quantitative estimate of drug-likeness (QED) is 0.0143. The van der Waals surface area contributed by atoms with Gasteiger partial charge in [0.1, 0.15) is 19.3 Å². The monoisotopic (exact) mass is 1070 g/mol. The van der Waals surface area contributed by atoms with Crippen LogP contribution in [0.3, 0.4) is 0 Å². The van der Waals surface area contributed by atoms with E-state index in [4.69, 9.17) is 33.2 Å².